The average molecular weight is 288 g/mol. The number of hydrogen-bond acceptors (Lipinski definition) is 2. The van der Waals surface area contributed by atoms with E-state index in [1.807, 2.05) is 11.9 Å². The molecule has 1 unspecified atom stereocenters. The molecular weight excluding hydrogens is 260 g/mol. The molecule has 1 aliphatic heterocycles. The van der Waals surface area contributed by atoms with Crippen LogP contribution in [-0.2, 0) is 11.2 Å². The zero-order valence-electron chi connectivity index (χ0n) is 13.2. The molecule has 1 amide bonds. The van der Waals surface area contributed by atoms with Crippen LogP contribution in [0.25, 0.3) is 0 Å². The lowest BCUT2D eigenvalue weighted by Gasteiger charge is -2.25. The van der Waals surface area contributed by atoms with Gasteiger partial charge in [0.25, 0.3) is 0 Å². The SMILES string of the molecule is CN(CCCCc1ccccc1)C(=O)CC1CCCNC1. The summed E-state index contributed by atoms with van der Waals surface area (Å²) in [5, 5.41) is 3.38. The Morgan fingerprint density at radius 2 is 2.10 bits per heavy atom. The first-order valence-electron chi connectivity index (χ1n) is 8.24. The van der Waals surface area contributed by atoms with E-state index in [2.05, 4.69) is 35.6 Å². The van der Waals surface area contributed by atoms with Crippen LogP contribution in [0.15, 0.2) is 30.3 Å². The van der Waals surface area contributed by atoms with Crippen molar-refractivity contribution in [3.8, 4) is 0 Å². The molecule has 1 aliphatic rings. The van der Waals surface area contributed by atoms with Gasteiger partial charge in [-0.3, -0.25) is 4.79 Å². The highest BCUT2D eigenvalue weighted by Gasteiger charge is 2.18. The summed E-state index contributed by atoms with van der Waals surface area (Å²) in [6.45, 7) is 3.00. The van der Waals surface area contributed by atoms with Gasteiger partial charge in [-0.15, -0.1) is 0 Å². The summed E-state index contributed by atoms with van der Waals surface area (Å²) < 4.78 is 0. The predicted octanol–water partition coefficient (Wildman–Crippen LogP) is 2.86. The van der Waals surface area contributed by atoms with Gasteiger partial charge >= 0.3 is 0 Å². The molecule has 0 spiro atoms. The summed E-state index contributed by atoms with van der Waals surface area (Å²) in [7, 11) is 1.95. The minimum absolute atomic E-state index is 0.309. The topological polar surface area (TPSA) is 32.3 Å². The van der Waals surface area contributed by atoms with Gasteiger partial charge in [-0.05, 0) is 56.7 Å². The number of hydrogen-bond donors (Lipinski definition) is 1. The Balaban J connectivity index is 1.60. The third-order valence-corrected chi connectivity index (χ3v) is 4.34. The van der Waals surface area contributed by atoms with Crippen molar-refractivity contribution in [2.75, 3.05) is 26.7 Å². The maximum absolute atomic E-state index is 12.2. The van der Waals surface area contributed by atoms with Gasteiger partial charge in [0.2, 0.25) is 5.91 Å². The number of nitrogens with zero attached hydrogens (tertiary/aromatic N) is 1. The molecule has 1 saturated heterocycles. The van der Waals surface area contributed by atoms with Crippen LogP contribution in [0.1, 0.15) is 37.7 Å². The molecule has 1 aromatic carbocycles. The summed E-state index contributed by atoms with van der Waals surface area (Å²) >= 11 is 0. The molecule has 0 bridgehead atoms. The summed E-state index contributed by atoms with van der Waals surface area (Å²) in [6, 6.07) is 10.6. The lowest BCUT2D eigenvalue weighted by Crippen LogP contribution is -2.35. The molecule has 2 rings (SSSR count). The zero-order chi connectivity index (χ0) is 14.9. The van der Waals surface area contributed by atoms with Crippen molar-refractivity contribution in [2.24, 2.45) is 5.92 Å². The fourth-order valence-corrected chi connectivity index (χ4v) is 2.95. The van der Waals surface area contributed by atoms with Crippen LogP contribution in [0.2, 0.25) is 0 Å². The van der Waals surface area contributed by atoms with E-state index in [9.17, 15) is 4.79 Å². The molecule has 0 radical (unpaired) electrons. The van der Waals surface area contributed by atoms with Crippen LogP contribution in [0.3, 0.4) is 0 Å². The minimum Gasteiger partial charge on any atom is -0.346 e. The molecule has 0 aliphatic carbocycles. The van der Waals surface area contributed by atoms with E-state index in [4.69, 9.17) is 0 Å². The van der Waals surface area contributed by atoms with Crippen molar-refractivity contribution in [3.05, 3.63) is 35.9 Å². The molecule has 1 heterocycles. The molecule has 1 atom stereocenters. The third kappa shape index (κ3) is 5.88. The van der Waals surface area contributed by atoms with Crippen molar-refractivity contribution in [1.82, 2.24) is 10.2 Å². The molecular formula is C18H28N2O. The van der Waals surface area contributed by atoms with Crippen LogP contribution in [-0.4, -0.2) is 37.5 Å². The van der Waals surface area contributed by atoms with Crippen LogP contribution in [0.5, 0.6) is 0 Å². The normalized spacial score (nSPS) is 18.4. The Hall–Kier alpha value is -1.35. The van der Waals surface area contributed by atoms with E-state index in [1.54, 1.807) is 0 Å². The first-order valence-corrected chi connectivity index (χ1v) is 8.24. The van der Waals surface area contributed by atoms with E-state index in [1.165, 1.54) is 18.4 Å². The molecule has 1 N–H and O–H groups in total. The number of piperidine rings is 1. The number of amides is 1. The fourth-order valence-electron chi connectivity index (χ4n) is 2.95. The van der Waals surface area contributed by atoms with Crippen molar-refractivity contribution >= 4 is 5.91 Å². The van der Waals surface area contributed by atoms with E-state index < -0.39 is 0 Å². The van der Waals surface area contributed by atoms with E-state index in [-0.39, 0.29) is 0 Å². The summed E-state index contributed by atoms with van der Waals surface area (Å²) in [6.07, 6.45) is 6.45. The second-order valence-corrected chi connectivity index (χ2v) is 6.17. The van der Waals surface area contributed by atoms with Gasteiger partial charge in [-0.1, -0.05) is 30.3 Å². The quantitative estimate of drug-likeness (QED) is 0.783. The number of rotatable bonds is 7. The second-order valence-electron chi connectivity index (χ2n) is 6.17. The monoisotopic (exact) mass is 288 g/mol. The zero-order valence-corrected chi connectivity index (χ0v) is 13.2. The van der Waals surface area contributed by atoms with Gasteiger partial charge in [0, 0.05) is 20.0 Å². The smallest absolute Gasteiger partial charge is 0.222 e. The Morgan fingerprint density at radius 3 is 2.81 bits per heavy atom. The highest BCUT2D eigenvalue weighted by Crippen LogP contribution is 2.15. The second kappa shape index (κ2) is 8.83. The maximum Gasteiger partial charge on any atom is 0.222 e. The number of unbranched alkanes of at least 4 members (excludes halogenated alkanes) is 1. The lowest BCUT2D eigenvalue weighted by atomic mass is 9.95. The standard InChI is InChI=1S/C18H28N2O/c1-20(18(21)14-17-11-7-12-19-15-17)13-6-5-10-16-8-3-2-4-9-16/h2-4,8-9,17,19H,5-7,10-15H2,1H3. The largest absolute Gasteiger partial charge is 0.346 e. The van der Waals surface area contributed by atoms with E-state index in [0.29, 0.717) is 18.2 Å². The number of carbonyl (C=O) groups is 1. The van der Waals surface area contributed by atoms with Gasteiger partial charge in [0.1, 0.15) is 0 Å². The Labute approximate surface area is 128 Å². The fraction of sp³-hybridized carbons (Fsp3) is 0.611. The van der Waals surface area contributed by atoms with E-state index in [0.717, 1.165) is 38.9 Å². The highest BCUT2D eigenvalue weighted by molar-refractivity contribution is 5.76. The van der Waals surface area contributed by atoms with Crippen LogP contribution < -0.4 is 5.32 Å². The molecule has 0 saturated carbocycles. The van der Waals surface area contributed by atoms with Gasteiger partial charge < -0.3 is 10.2 Å². The summed E-state index contributed by atoms with van der Waals surface area (Å²) in [5.41, 5.74) is 1.39. The molecule has 1 aromatic rings. The number of benzene rings is 1. The first kappa shape index (κ1) is 16.0. The van der Waals surface area contributed by atoms with E-state index >= 15 is 0 Å². The van der Waals surface area contributed by atoms with Gasteiger partial charge in [0.15, 0.2) is 0 Å². The van der Waals surface area contributed by atoms with Crippen molar-refractivity contribution in [3.63, 3.8) is 0 Å². The van der Waals surface area contributed by atoms with Gasteiger partial charge in [-0.25, -0.2) is 0 Å². The molecule has 1 fully saturated rings. The Bertz CT molecular complexity index is 412. The van der Waals surface area contributed by atoms with Crippen LogP contribution in [0, 0.1) is 5.92 Å². The molecule has 0 aromatic heterocycles. The average Bonchev–Trinajstić information content (AvgIpc) is 2.53. The van der Waals surface area contributed by atoms with Gasteiger partial charge in [0.05, 0.1) is 0 Å². The number of aryl methyl sites for hydroxylation is 1. The number of carbonyl (C=O) groups excluding carboxylic acids is 1. The van der Waals surface area contributed by atoms with Crippen LogP contribution in [0.4, 0.5) is 0 Å². The molecule has 3 heteroatoms. The first-order chi connectivity index (χ1) is 10.3. The van der Waals surface area contributed by atoms with Crippen LogP contribution >= 0.6 is 0 Å². The molecule has 3 nitrogen and oxygen atoms in total. The van der Waals surface area contributed by atoms with Crippen molar-refractivity contribution in [2.45, 2.75) is 38.5 Å². The maximum atomic E-state index is 12.2. The Morgan fingerprint density at radius 1 is 1.29 bits per heavy atom. The highest BCUT2D eigenvalue weighted by atomic mass is 16.2. The summed E-state index contributed by atoms with van der Waals surface area (Å²) in [4.78, 5) is 14.1. The lowest BCUT2D eigenvalue weighted by molar-refractivity contribution is -0.131. The number of nitrogens with one attached hydrogen (secondary N) is 1. The molecule has 21 heavy (non-hydrogen) atoms. The summed E-state index contributed by atoms with van der Waals surface area (Å²) in [5.74, 6) is 0.849. The predicted molar refractivity (Wildman–Crippen MR) is 87.2 cm³/mol. The van der Waals surface area contributed by atoms with Crippen molar-refractivity contribution in [1.29, 1.82) is 0 Å². The van der Waals surface area contributed by atoms with Crippen molar-refractivity contribution < 1.29 is 4.79 Å². The third-order valence-electron chi connectivity index (χ3n) is 4.34. The van der Waals surface area contributed by atoms with Gasteiger partial charge in [-0.2, -0.15) is 0 Å². The molecule has 116 valence electrons. The Kier molecular flexibility index (Phi) is 6.74. The minimum atomic E-state index is 0.309.